The number of nitriles is 1. The number of benzene rings is 1. The molecule has 4 nitrogen and oxygen atoms in total. The van der Waals surface area contributed by atoms with Crippen molar-refractivity contribution in [3.63, 3.8) is 0 Å². The Kier molecular flexibility index (Phi) is 3.43. The molecule has 1 atom stereocenters. The van der Waals surface area contributed by atoms with Crippen LogP contribution in [0.3, 0.4) is 0 Å². The van der Waals surface area contributed by atoms with Crippen molar-refractivity contribution in [2.24, 2.45) is 5.41 Å². The predicted molar refractivity (Wildman–Crippen MR) is 81.7 cm³/mol. The molecule has 1 aromatic rings. The van der Waals surface area contributed by atoms with Gasteiger partial charge in [-0.25, -0.2) is 0 Å². The summed E-state index contributed by atoms with van der Waals surface area (Å²) < 4.78 is 0. The minimum Gasteiger partial charge on any atom is -0.376 e. The Hall–Kier alpha value is -2.30. The van der Waals surface area contributed by atoms with Crippen LogP contribution in [0.4, 0.5) is 0 Å². The van der Waals surface area contributed by atoms with Crippen molar-refractivity contribution in [3.05, 3.63) is 35.4 Å². The van der Waals surface area contributed by atoms with E-state index in [1.54, 1.807) is 25.1 Å². The second-order valence-electron chi connectivity index (χ2n) is 6.31. The number of nitrogens with one attached hydrogen (secondary N) is 1. The maximum absolute atomic E-state index is 12.2. The SMILES string of the molecule is C[C@@](O)(C#Cc1ccccc1C(=O)NC1CC1)C1(C#N)CC1. The predicted octanol–water partition coefficient (Wildman–Crippen LogP) is 1.99. The molecule has 4 heteroatoms. The van der Waals surface area contributed by atoms with Gasteiger partial charge in [-0.3, -0.25) is 4.79 Å². The lowest BCUT2D eigenvalue weighted by Gasteiger charge is -2.21. The topological polar surface area (TPSA) is 73.1 Å². The molecule has 0 aromatic heterocycles. The summed E-state index contributed by atoms with van der Waals surface area (Å²) in [7, 11) is 0. The third kappa shape index (κ3) is 2.71. The van der Waals surface area contributed by atoms with Gasteiger partial charge in [-0.05, 0) is 44.7 Å². The summed E-state index contributed by atoms with van der Waals surface area (Å²) in [4.78, 5) is 12.2. The van der Waals surface area contributed by atoms with Gasteiger partial charge >= 0.3 is 0 Å². The van der Waals surface area contributed by atoms with E-state index in [4.69, 9.17) is 0 Å². The average Bonchev–Trinajstić information content (AvgIpc) is 3.39. The highest BCUT2D eigenvalue weighted by Gasteiger charge is 2.56. The van der Waals surface area contributed by atoms with E-state index < -0.39 is 11.0 Å². The number of aliphatic hydroxyl groups is 1. The molecular formula is C18H18N2O2. The Labute approximate surface area is 130 Å². The van der Waals surface area contributed by atoms with E-state index in [2.05, 4.69) is 23.2 Å². The van der Waals surface area contributed by atoms with Crippen molar-refractivity contribution < 1.29 is 9.90 Å². The van der Waals surface area contributed by atoms with E-state index in [0.29, 0.717) is 24.0 Å². The maximum atomic E-state index is 12.2. The number of nitrogens with zero attached hydrogens (tertiary/aromatic N) is 1. The van der Waals surface area contributed by atoms with Crippen molar-refractivity contribution in [1.29, 1.82) is 5.26 Å². The van der Waals surface area contributed by atoms with E-state index in [9.17, 15) is 15.2 Å². The Morgan fingerprint density at radius 1 is 1.41 bits per heavy atom. The highest BCUT2D eigenvalue weighted by atomic mass is 16.3. The van der Waals surface area contributed by atoms with E-state index in [-0.39, 0.29) is 11.9 Å². The fourth-order valence-electron chi connectivity index (χ4n) is 2.42. The monoisotopic (exact) mass is 294 g/mol. The van der Waals surface area contributed by atoms with Crippen LogP contribution >= 0.6 is 0 Å². The molecule has 0 unspecified atom stereocenters. The maximum Gasteiger partial charge on any atom is 0.252 e. The largest absolute Gasteiger partial charge is 0.376 e. The molecule has 2 aliphatic rings. The number of hydrogen-bond donors (Lipinski definition) is 2. The molecule has 0 bridgehead atoms. The van der Waals surface area contributed by atoms with Crippen LogP contribution in [0.15, 0.2) is 24.3 Å². The summed E-state index contributed by atoms with van der Waals surface area (Å²) in [6, 6.07) is 9.55. The highest BCUT2D eigenvalue weighted by molar-refractivity contribution is 5.97. The molecule has 0 aliphatic heterocycles. The summed E-state index contributed by atoms with van der Waals surface area (Å²) in [5, 5.41) is 22.6. The second-order valence-corrected chi connectivity index (χ2v) is 6.31. The Bertz CT molecular complexity index is 711. The molecule has 22 heavy (non-hydrogen) atoms. The summed E-state index contributed by atoms with van der Waals surface area (Å²) in [5.41, 5.74) is -1.03. The smallest absolute Gasteiger partial charge is 0.252 e. The van der Waals surface area contributed by atoms with Crippen LogP contribution in [0.25, 0.3) is 0 Å². The van der Waals surface area contributed by atoms with Gasteiger partial charge in [0.25, 0.3) is 5.91 Å². The Balaban J connectivity index is 1.86. The number of carbonyl (C=O) groups is 1. The number of hydrogen-bond acceptors (Lipinski definition) is 3. The molecule has 1 aromatic carbocycles. The summed E-state index contributed by atoms with van der Waals surface area (Å²) in [6.45, 7) is 1.57. The van der Waals surface area contributed by atoms with Gasteiger partial charge in [0, 0.05) is 11.6 Å². The molecule has 1 amide bonds. The Morgan fingerprint density at radius 2 is 2.09 bits per heavy atom. The average molecular weight is 294 g/mol. The lowest BCUT2D eigenvalue weighted by molar-refractivity contribution is 0.0682. The first-order valence-electron chi connectivity index (χ1n) is 7.54. The van der Waals surface area contributed by atoms with Crippen LogP contribution in [0.2, 0.25) is 0 Å². The van der Waals surface area contributed by atoms with E-state index in [1.807, 2.05) is 6.07 Å². The van der Waals surface area contributed by atoms with Gasteiger partial charge < -0.3 is 10.4 Å². The van der Waals surface area contributed by atoms with E-state index in [0.717, 1.165) is 12.8 Å². The Morgan fingerprint density at radius 3 is 2.68 bits per heavy atom. The molecule has 0 heterocycles. The lowest BCUT2D eigenvalue weighted by atomic mass is 9.87. The zero-order valence-electron chi connectivity index (χ0n) is 12.5. The molecule has 2 fully saturated rings. The summed E-state index contributed by atoms with van der Waals surface area (Å²) in [5.74, 6) is 5.56. The second kappa shape index (κ2) is 5.16. The normalized spacial score (nSPS) is 20.8. The first kappa shape index (κ1) is 14.6. The van der Waals surface area contributed by atoms with Crippen LogP contribution in [0.5, 0.6) is 0 Å². The van der Waals surface area contributed by atoms with Gasteiger partial charge in [0.05, 0.1) is 17.0 Å². The third-order valence-electron chi connectivity index (χ3n) is 4.42. The molecule has 112 valence electrons. The van der Waals surface area contributed by atoms with Gasteiger partial charge in [0.2, 0.25) is 0 Å². The van der Waals surface area contributed by atoms with Crippen molar-refractivity contribution >= 4 is 5.91 Å². The zero-order valence-corrected chi connectivity index (χ0v) is 12.5. The number of rotatable bonds is 3. The number of amides is 1. The van der Waals surface area contributed by atoms with Crippen LogP contribution in [0, 0.1) is 28.6 Å². The standard InChI is InChI=1S/C18H18N2O2/c1-17(22,18(12-19)10-11-18)9-8-13-4-2-3-5-15(13)16(21)20-14-6-7-14/h2-5,14,22H,6-7,10-11H2,1H3,(H,20,21)/t17-/m1/s1. The molecular weight excluding hydrogens is 276 g/mol. The quantitative estimate of drug-likeness (QED) is 0.837. The molecule has 2 aliphatic carbocycles. The third-order valence-corrected chi connectivity index (χ3v) is 4.42. The van der Waals surface area contributed by atoms with Crippen LogP contribution < -0.4 is 5.32 Å². The van der Waals surface area contributed by atoms with Crippen molar-refractivity contribution in [3.8, 4) is 17.9 Å². The molecule has 0 radical (unpaired) electrons. The zero-order chi connectivity index (χ0) is 15.8. The van der Waals surface area contributed by atoms with Crippen LogP contribution in [-0.4, -0.2) is 22.7 Å². The highest BCUT2D eigenvalue weighted by Crippen LogP contribution is 2.53. The van der Waals surface area contributed by atoms with Crippen molar-refractivity contribution in [2.45, 2.75) is 44.2 Å². The summed E-state index contributed by atoms with van der Waals surface area (Å²) in [6.07, 6.45) is 3.38. The molecule has 3 rings (SSSR count). The minimum atomic E-state index is -1.36. The molecule has 2 saturated carbocycles. The van der Waals surface area contributed by atoms with Crippen molar-refractivity contribution in [1.82, 2.24) is 5.32 Å². The minimum absolute atomic E-state index is 0.131. The van der Waals surface area contributed by atoms with Gasteiger partial charge in [-0.15, -0.1) is 0 Å². The molecule has 0 saturated heterocycles. The lowest BCUT2D eigenvalue weighted by Crippen LogP contribution is -2.33. The summed E-state index contributed by atoms with van der Waals surface area (Å²) >= 11 is 0. The first-order chi connectivity index (χ1) is 10.5. The van der Waals surface area contributed by atoms with Crippen molar-refractivity contribution in [2.75, 3.05) is 0 Å². The van der Waals surface area contributed by atoms with Crippen LogP contribution in [0.1, 0.15) is 48.5 Å². The van der Waals surface area contributed by atoms with Crippen LogP contribution in [-0.2, 0) is 0 Å². The van der Waals surface area contributed by atoms with E-state index >= 15 is 0 Å². The van der Waals surface area contributed by atoms with Gasteiger partial charge in [-0.1, -0.05) is 24.0 Å². The fraction of sp³-hybridized carbons (Fsp3) is 0.444. The molecule has 0 spiro atoms. The van der Waals surface area contributed by atoms with E-state index in [1.165, 1.54) is 0 Å². The fourth-order valence-corrected chi connectivity index (χ4v) is 2.42. The van der Waals surface area contributed by atoms with Gasteiger partial charge in [0.1, 0.15) is 5.60 Å². The van der Waals surface area contributed by atoms with Gasteiger partial charge in [0.15, 0.2) is 0 Å². The molecule has 2 N–H and O–H groups in total. The first-order valence-corrected chi connectivity index (χ1v) is 7.54. The van der Waals surface area contributed by atoms with Gasteiger partial charge in [-0.2, -0.15) is 5.26 Å². The number of carbonyl (C=O) groups excluding carboxylic acids is 1.